The van der Waals surface area contributed by atoms with E-state index in [0.29, 0.717) is 5.56 Å². The monoisotopic (exact) mass is 548 g/mol. The molecule has 0 heterocycles. The summed E-state index contributed by atoms with van der Waals surface area (Å²) >= 11 is 0. The van der Waals surface area contributed by atoms with Crippen molar-refractivity contribution in [3.8, 4) is 11.5 Å². The molecule has 12 nitrogen and oxygen atoms in total. The van der Waals surface area contributed by atoms with Gasteiger partial charge in [0.2, 0.25) is 5.91 Å². The summed E-state index contributed by atoms with van der Waals surface area (Å²) in [6.45, 7) is 5.33. The highest BCUT2D eigenvalue weighted by atomic mass is 16.5. The summed E-state index contributed by atoms with van der Waals surface area (Å²) in [4.78, 5) is 36.7. The van der Waals surface area contributed by atoms with E-state index in [2.05, 4.69) is 10.6 Å². The van der Waals surface area contributed by atoms with Crippen LogP contribution in [0, 0.1) is 23.2 Å². The Labute approximate surface area is 228 Å². The molecule has 5 atom stereocenters. The van der Waals surface area contributed by atoms with Crippen molar-refractivity contribution in [3.63, 3.8) is 0 Å². The molecule has 1 aromatic rings. The van der Waals surface area contributed by atoms with E-state index in [9.17, 15) is 29.7 Å². The van der Waals surface area contributed by atoms with Crippen LogP contribution in [0.2, 0.25) is 0 Å². The van der Waals surface area contributed by atoms with Gasteiger partial charge in [-0.2, -0.15) is 0 Å². The van der Waals surface area contributed by atoms with E-state index in [4.69, 9.17) is 20.6 Å². The molecule has 1 saturated carbocycles. The first-order valence-corrected chi connectivity index (χ1v) is 13.1. The fourth-order valence-corrected chi connectivity index (χ4v) is 5.06. The van der Waals surface area contributed by atoms with Gasteiger partial charge in [-0.25, -0.2) is 4.79 Å². The first kappa shape index (κ1) is 31.4. The van der Waals surface area contributed by atoms with Crippen LogP contribution in [0.5, 0.6) is 11.5 Å². The normalized spacial score (nSPS) is 21.5. The summed E-state index contributed by atoms with van der Waals surface area (Å²) in [6.07, 6.45) is 3.35. The number of nitrogens with two attached hydrogens (primary N) is 1. The number of nitrogens with one attached hydrogen (secondary N) is 3. The average Bonchev–Trinajstić information content (AvgIpc) is 3.18. The molecule has 12 heteroatoms. The zero-order valence-corrected chi connectivity index (χ0v) is 22.6. The number of carbonyl (C=O) groups is 3. The van der Waals surface area contributed by atoms with Crippen molar-refractivity contribution in [1.82, 2.24) is 10.6 Å². The van der Waals surface area contributed by atoms with Crippen LogP contribution >= 0.6 is 0 Å². The van der Waals surface area contributed by atoms with Gasteiger partial charge < -0.3 is 41.2 Å². The van der Waals surface area contributed by atoms with Gasteiger partial charge in [-0.05, 0) is 36.1 Å². The molecule has 2 rings (SSSR count). The number of ether oxygens (including phenoxy) is 2. The number of amides is 1. The summed E-state index contributed by atoms with van der Waals surface area (Å²) in [5.41, 5.74) is 6.06. The number of esters is 2. The standard InChI is InChI=1S/C27H40N4O8/c1-4-17(5-2)24(30-15(3)32)23-19(31-27(28)29)14-18(25(23)36)26(37)39-12-6-11-38-22(35)10-8-16-7-9-20(33)21(34)13-16/h7-10,13,17-19,23-25,33-34,36H,4-6,11-12,14H2,1-3H3,(H,30,32)(H4,28,29,31)/b10-8+/t18-,19+,23+,24-,25+/m0/s1. The molecule has 8 N–H and O–H groups in total. The zero-order valence-electron chi connectivity index (χ0n) is 22.6. The number of benzene rings is 1. The van der Waals surface area contributed by atoms with E-state index in [0.717, 1.165) is 12.8 Å². The molecule has 1 aromatic carbocycles. The van der Waals surface area contributed by atoms with Crippen molar-refractivity contribution >= 4 is 29.9 Å². The van der Waals surface area contributed by atoms with Crippen molar-refractivity contribution in [2.45, 2.75) is 64.6 Å². The first-order valence-electron chi connectivity index (χ1n) is 13.1. The van der Waals surface area contributed by atoms with Crippen molar-refractivity contribution in [2.75, 3.05) is 13.2 Å². The lowest BCUT2D eigenvalue weighted by Crippen LogP contribution is -2.54. The molecule has 39 heavy (non-hydrogen) atoms. The molecule has 0 aromatic heterocycles. The van der Waals surface area contributed by atoms with Crippen molar-refractivity contribution in [2.24, 2.45) is 23.5 Å². The molecule has 1 aliphatic carbocycles. The summed E-state index contributed by atoms with van der Waals surface area (Å²) in [6, 6.07) is 3.15. The Morgan fingerprint density at radius 1 is 1.15 bits per heavy atom. The number of phenols is 2. The molecule has 1 fully saturated rings. The Hall–Kier alpha value is -3.80. The van der Waals surface area contributed by atoms with Crippen LogP contribution in [-0.2, 0) is 23.9 Å². The minimum atomic E-state index is -1.13. The fraction of sp³-hybridized carbons (Fsp3) is 0.556. The maximum atomic E-state index is 12.9. The maximum Gasteiger partial charge on any atom is 0.330 e. The van der Waals surface area contributed by atoms with E-state index < -0.39 is 42.0 Å². The summed E-state index contributed by atoms with van der Waals surface area (Å²) in [5.74, 6) is -3.79. The Morgan fingerprint density at radius 3 is 2.41 bits per heavy atom. The second-order valence-corrected chi connectivity index (χ2v) is 9.65. The minimum Gasteiger partial charge on any atom is -0.504 e. The van der Waals surface area contributed by atoms with Gasteiger partial charge in [-0.3, -0.25) is 15.0 Å². The number of phenolic OH excluding ortho intramolecular Hbond substituents is 2. The zero-order chi connectivity index (χ0) is 29.1. The molecular formula is C27H40N4O8. The van der Waals surface area contributed by atoms with E-state index in [1.807, 2.05) is 13.8 Å². The van der Waals surface area contributed by atoms with E-state index in [1.54, 1.807) is 0 Å². The Bertz CT molecular complexity index is 1040. The predicted octanol–water partition coefficient (Wildman–Crippen LogP) is 1.38. The minimum absolute atomic E-state index is 0.0130. The molecular weight excluding hydrogens is 508 g/mol. The SMILES string of the molecule is CCC(CC)[C@H](NC(C)=O)[C@@H]1[C@H](O)[C@@H](C(=O)OCCCOC(=O)/C=C/c2ccc(O)c(O)c2)C[C@H]1NC(=N)N. The third-order valence-electron chi connectivity index (χ3n) is 6.95. The number of aliphatic hydroxyl groups excluding tert-OH is 1. The van der Waals surface area contributed by atoms with Gasteiger partial charge in [0.05, 0.1) is 25.2 Å². The van der Waals surface area contributed by atoms with Gasteiger partial charge in [0.25, 0.3) is 0 Å². The molecule has 0 radical (unpaired) electrons. The molecule has 0 aliphatic heterocycles. The van der Waals surface area contributed by atoms with Gasteiger partial charge >= 0.3 is 11.9 Å². The van der Waals surface area contributed by atoms with E-state index in [-0.39, 0.29) is 55.3 Å². The van der Waals surface area contributed by atoms with E-state index >= 15 is 0 Å². The summed E-state index contributed by atoms with van der Waals surface area (Å²) in [7, 11) is 0. The number of aromatic hydroxyl groups is 2. The molecule has 0 saturated heterocycles. The van der Waals surface area contributed by atoms with Crippen LogP contribution < -0.4 is 16.4 Å². The number of rotatable bonds is 13. The average molecular weight is 549 g/mol. The Balaban J connectivity index is 1.92. The van der Waals surface area contributed by atoms with Crippen LogP contribution in [0.1, 0.15) is 52.0 Å². The van der Waals surface area contributed by atoms with Gasteiger partial charge in [0, 0.05) is 37.4 Å². The van der Waals surface area contributed by atoms with Gasteiger partial charge in [-0.1, -0.05) is 32.8 Å². The van der Waals surface area contributed by atoms with Gasteiger partial charge in [0.1, 0.15) is 0 Å². The predicted molar refractivity (Wildman–Crippen MR) is 143 cm³/mol. The van der Waals surface area contributed by atoms with Crippen molar-refractivity contribution < 1.29 is 39.2 Å². The first-order chi connectivity index (χ1) is 18.5. The molecule has 0 spiro atoms. The highest BCUT2D eigenvalue weighted by Crippen LogP contribution is 2.38. The quantitative estimate of drug-likeness (QED) is 0.0471. The molecule has 216 valence electrons. The molecule has 0 bridgehead atoms. The number of guanidine groups is 1. The van der Waals surface area contributed by atoms with E-state index in [1.165, 1.54) is 37.3 Å². The highest BCUT2D eigenvalue weighted by molar-refractivity contribution is 5.87. The van der Waals surface area contributed by atoms with Crippen LogP contribution in [0.4, 0.5) is 0 Å². The van der Waals surface area contributed by atoms with Gasteiger partial charge in [-0.15, -0.1) is 0 Å². The van der Waals surface area contributed by atoms with Crippen LogP contribution in [0.25, 0.3) is 6.08 Å². The fourth-order valence-electron chi connectivity index (χ4n) is 5.06. The smallest absolute Gasteiger partial charge is 0.330 e. The number of hydrogen-bond acceptors (Lipinski definition) is 9. The lowest BCUT2D eigenvalue weighted by molar-refractivity contribution is -0.152. The van der Waals surface area contributed by atoms with Crippen molar-refractivity contribution in [3.05, 3.63) is 29.8 Å². The van der Waals surface area contributed by atoms with Crippen LogP contribution in [0.3, 0.4) is 0 Å². The third kappa shape index (κ3) is 9.17. The number of aliphatic hydroxyl groups is 1. The maximum absolute atomic E-state index is 12.9. The third-order valence-corrected chi connectivity index (χ3v) is 6.95. The Morgan fingerprint density at radius 2 is 1.82 bits per heavy atom. The van der Waals surface area contributed by atoms with Crippen molar-refractivity contribution in [1.29, 1.82) is 5.41 Å². The van der Waals surface area contributed by atoms with Crippen LogP contribution in [-0.4, -0.2) is 70.5 Å². The summed E-state index contributed by atoms with van der Waals surface area (Å²) in [5, 5.41) is 43.4. The molecule has 0 unspecified atom stereocenters. The lowest BCUT2D eigenvalue weighted by Gasteiger charge is -2.36. The second-order valence-electron chi connectivity index (χ2n) is 9.65. The Kier molecular flexibility index (Phi) is 12.1. The topological polar surface area (TPSA) is 204 Å². The lowest BCUT2D eigenvalue weighted by atomic mass is 9.80. The largest absolute Gasteiger partial charge is 0.504 e. The number of hydrogen-bond donors (Lipinski definition) is 7. The van der Waals surface area contributed by atoms with Crippen LogP contribution in [0.15, 0.2) is 24.3 Å². The van der Waals surface area contributed by atoms with Gasteiger partial charge in [0.15, 0.2) is 17.5 Å². The highest BCUT2D eigenvalue weighted by Gasteiger charge is 2.51. The second kappa shape index (κ2) is 15.0. The summed E-state index contributed by atoms with van der Waals surface area (Å²) < 4.78 is 10.4. The molecule has 1 aliphatic rings. The number of carbonyl (C=O) groups excluding carboxylic acids is 3. The molecule has 1 amide bonds.